The van der Waals surface area contributed by atoms with Crippen molar-refractivity contribution in [1.29, 1.82) is 0 Å². The van der Waals surface area contributed by atoms with Gasteiger partial charge in [-0.1, -0.05) is 109 Å². The Morgan fingerprint density at radius 1 is 0.553 bits per heavy atom. The van der Waals surface area contributed by atoms with Crippen molar-refractivity contribution in [3.8, 4) is 56.4 Å². The summed E-state index contributed by atoms with van der Waals surface area (Å²) in [4.78, 5) is 39.6. The van der Waals surface area contributed by atoms with Crippen LogP contribution in [0.1, 0.15) is 107 Å². The minimum Gasteiger partial charge on any atom is -1.00 e. The van der Waals surface area contributed by atoms with Gasteiger partial charge in [-0.2, -0.15) is 0 Å². The van der Waals surface area contributed by atoms with Crippen LogP contribution in [0.15, 0.2) is 191 Å². The zero-order valence-electron chi connectivity index (χ0n) is 54.7. The number of amides is 2. The largest absolute Gasteiger partial charge is 2.00 e. The molecule has 0 fully saturated rings. The topological polar surface area (TPSA) is 249 Å². The molecule has 0 saturated carbocycles. The van der Waals surface area contributed by atoms with Crippen LogP contribution >= 0.6 is 0 Å². The number of nitrogens with one attached hydrogen (secondary N) is 1. The quantitative estimate of drug-likeness (QED) is 0.0323. The van der Waals surface area contributed by atoms with E-state index in [9.17, 15) is 19.5 Å². The van der Waals surface area contributed by atoms with E-state index in [0.29, 0.717) is 16.7 Å². The van der Waals surface area contributed by atoms with Crippen LogP contribution in [-0.4, -0.2) is 73.0 Å². The van der Waals surface area contributed by atoms with E-state index in [0.717, 1.165) is 162 Å². The number of carbonyl (C=O) groups excluding carboxylic acids is 3. The summed E-state index contributed by atoms with van der Waals surface area (Å²) in [5.41, 5.74) is 17.0. The molecule has 0 bridgehead atoms. The Hall–Kier alpha value is -8.90. The number of carboxylic acids is 1. The van der Waals surface area contributed by atoms with Crippen molar-refractivity contribution >= 4 is 45.4 Å². The van der Waals surface area contributed by atoms with Gasteiger partial charge >= 0.3 is 35.6 Å². The fourth-order valence-electron chi connectivity index (χ4n) is 12.9. The van der Waals surface area contributed by atoms with Crippen molar-refractivity contribution < 1.29 is 92.0 Å². The van der Waals surface area contributed by atoms with Crippen molar-refractivity contribution in [1.82, 2.24) is 14.2 Å². The molecule has 2 aliphatic carbocycles. The van der Waals surface area contributed by atoms with Gasteiger partial charge in [0.1, 0.15) is 65.9 Å². The van der Waals surface area contributed by atoms with Crippen LogP contribution < -0.4 is 52.9 Å². The number of fused-ring (bicyclic) bond motifs is 10. The first-order chi connectivity index (χ1) is 43.1. The predicted molar refractivity (Wildman–Crippen MR) is 361 cm³/mol. The van der Waals surface area contributed by atoms with Gasteiger partial charge in [0.2, 0.25) is 10.7 Å². The molecule has 2 radical (unpaired) electrons. The maximum absolute atomic E-state index is 13.2. The van der Waals surface area contributed by atoms with Gasteiger partial charge < -0.3 is 67.8 Å². The Morgan fingerprint density at radius 3 is 1.48 bits per heavy atom. The van der Waals surface area contributed by atoms with E-state index in [1.54, 1.807) is 24.3 Å². The number of carbonyl (C=O) groups is 3. The molecular weight excluding hydrogens is 1310 g/mol. The normalized spacial score (nSPS) is 12.9. The number of rotatable bonds is 11. The average Bonchev–Trinajstić information content (AvgIpc) is 1.57. The van der Waals surface area contributed by atoms with Crippen LogP contribution in [0.2, 0.25) is 0 Å². The number of nitrogens with two attached hydrogens (primary N) is 1. The van der Waals surface area contributed by atoms with Crippen LogP contribution in [0.5, 0.6) is 11.5 Å². The summed E-state index contributed by atoms with van der Waals surface area (Å²) < 4.78 is 23.5. The summed E-state index contributed by atoms with van der Waals surface area (Å²) in [6.07, 6.45) is 0. The van der Waals surface area contributed by atoms with E-state index in [1.165, 1.54) is 5.01 Å². The van der Waals surface area contributed by atoms with Crippen LogP contribution in [0, 0.1) is 20.8 Å². The van der Waals surface area contributed by atoms with Gasteiger partial charge in [-0.15, -0.1) is 0 Å². The Kier molecular flexibility index (Phi) is 24.7. The summed E-state index contributed by atoms with van der Waals surface area (Å²) in [6, 6.07) is 58.7. The summed E-state index contributed by atoms with van der Waals surface area (Å²) in [5.74, 6) is 14.8. The van der Waals surface area contributed by atoms with E-state index < -0.39 is 17.4 Å². The number of hydrogen-bond acceptors (Lipinski definition) is 9. The number of anilines is 1. The van der Waals surface area contributed by atoms with Crippen LogP contribution in [0.25, 0.3) is 78.1 Å². The van der Waals surface area contributed by atoms with E-state index >= 15 is 0 Å². The molecule has 4 heterocycles. The second kappa shape index (κ2) is 31.4. The SMILES string of the molecule is CCN(CC)c1ccc2c(c1)Oc1cc(C)ccc1C21c2ccccc2C(=O)N1N.CC[N+](CC)=c1ccc2c(-c3ccccc3C(=O)[N-][NH-])c3ccc(C)cc3oc-2c1.CC[N+](CC)=c1ccc2c(-c3ccccc3C(=O)[O-])c3ccc(C)cc3oc-2c1.O.O.[Cl-].[Cu+2].[Cu+2].[H+]. The third kappa shape index (κ3) is 13.4. The zero-order chi connectivity index (χ0) is 62.8. The monoisotopic (exact) mass is 1380 g/mol. The maximum Gasteiger partial charge on any atom is 2.00 e. The van der Waals surface area contributed by atoms with E-state index in [1.807, 2.05) is 136 Å². The van der Waals surface area contributed by atoms with Crippen molar-refractivity contribution in [2.75, 3.05) is 44.2 Å². The number of aryl methyl sites for hydroxylation is 3. The number of halogens is 1. The first-order valence-electron chi connectivity index (χ1n) is 30.4. The number of ether oxygens (including phenoxy) is 1. The predicted octanol–water partition coefficient (Wildman–Crippen LogP) is 9.53. The molecule has 0 aromatic heterocycles. The molecule has 13 rings (SSSR count). The molecular formula is C75H77ClCu2N7O9+3. The summed E-state index contributed by atoms with van der Waals surface area (Å²) in [7, 11) is 0. The minimum atomic E-state index is -1.19. The Labute approximate surface area is 576 Å². The van der Waals surface area contributed by atoms with Gasteiger partial charge in [-0.3, -0.25) is 9.80 Å². The number of aromatic carboxylic acids is 1. The minimum absolute atomic E-state index is 0. The van der Waals surface area contributed by atoms with Crippen molar-refractivity contribution in [2.45, 2.75) is 67.9 Å². The Balaban J connectivity index is 0.000000250. The van der Waals surface area contributed by atoms with Gasteiger partial charge in [0.05, 0.1) is 24.0 Å². The first-order valence-corrected chi connectivity index (χ1v) is 30.4. The van der Waals surface area contributed by atoms with E-state index in [2.05, 4.69) is 103 Å². The number of nitrogens with zero attached hydrogens (tertiary/aromatic N) is 5. The Bertz CT molecular complexity index is 4680. The maximum atomic E-state index is 13.2. The molecule has 492 valence electrons. The zero-order valence-corrected chi connectivity index (χ0v) is 56.4. The fraction of sp³-hybridized carbons (Fsp3) is 0.213. The van der Waals surface area contributed by atoms with Gasteiger partial charge in [0, 0.05) is 103 Å². The van der Waals surface area contributed by atoms with Gasteiger partial charge in [0.25, 0.3) is 5.91 Å². The van der Waals surface area contributed by atoms with Crippen molar-refractivity contribution in [3.63, 3.8) is 0 Å². The second-order valence-corrected chi connectivity index (χ2v) is 22.3. The van der Waals surface area contributed by atoms with E-state index in [-0.39, 0.29) is 70.4 Å². The molecule has 4 aliphatic heterocycles. The smallest absolute Gasteiger partial charge is 1.00 e. The fourth-order valence-corrected chi connectivity index (χ4v) is 12.9. The molecule has 1 atom stereocenters. The third-order valence-electron chi connectivity index (χ3n) is 17.3. The second-order valence-electron chi connectivity index (χ2n) is 22.3. The number of benzene rings is 9. The first kappa shape index (κ1) is 74.1. The molecule has 7 N–H and O–H groups in total. The standard InChI is InChI=1S/C25H25N3O2.C25H24N3O2.C25H23NO3.ClH.2Cu.2H2O/c1-4-27(5-2)17-11-13-21-23(15-17)30-22-14-16(3)10-12-20(22)25(21)19-9-7-6-8-18(19)24(29)28(25)26;1-4-28(5-2)17-11-13-21-23(15-17)30-22-14-16(3)10-12-20(22)24(21)18-8-6-7-9-19(18)25(29)27-26;1-4-26(5-2)17-11-13-21-23(15-17)29-22-14-16(3)10-12-20(22)24(21)18-8-6-7-9-19(18)25(27)28;;;;;/h6-15H,4-5,26H2,1-3H3;6-15,26H,4-5H2,1-3H3;6-15H,4-5H2,1-3H3;1H;;;2*1H2/q;-1;;;2*+2;;. The molecule has 7 aromatic carbocycles. The van der Waals surface area contributed by atoms with E-state index in [4.69, 9.17) is 25.3 Å². The molecule has 16 nitrogen and oxygen atoms in total. The van der Waals surface area contributed by atoms with Crippen molar-refractivity contribution in [2.24, 2.45) is 5.84 Å². The molecule has 1 spiro atoms. The molecule has 6 aliphatic rings. The van der Waals surface area contributed by atoms with Gasteiger partial charge in [0.15, 0.2) is 0 Å². The molecule has 7 aromatic rings. The molecule has 0 saturated heterocycles. The van der Waals surface area contributed by atoms with Crippen molar-refractivity contribution in [3.05, 3.63) is 254 Å². The van der Waals surface area contributed by atoms with Gasteiger partial charge in [-0.25, -0.2) is 15.0 Å². The number of carboxylic acid groups (broad SMARTS) is 1. The average molecular weight is 1380 g/mol. The molecule has 19 heteroatoms. The number of hydrogen-bond donors (Lipinski definition) is 1. The molecule has 1 unspecified atom stereocenters. The summed E-state index contributed by atoms with van der Waals surface area (Å²) >= 11 is 0. The van der Waals surface area contributed by atoms with Crippen LogP contribution in [0.3, 0.4) is 0 Å². The third-order valence-corrected chi connectivity index (χ3v) is 17.3. The summed E-state index contributed by atoms with van der Waals surface area (Å²) in [6.45, 7) is 24.3. The Morgan fingerprint density at radius 2 is 0.989 bits per heavy atom. The molecule has 94 heavy (non-hydrogen) atoms. The van der Waals surface area contributed by atoms with Crippen LogP contribution in [-0.2, 0) is 39.7 Å². The van der Waals surface area contributed by atoms with Gasteiger partial charge in [-0.05, 0) is 133 Å². The molecule has 2 amide bonds. The van der Waals surface area contributed by atoms with Crippen LogP contribution in [0.4, 0.5) is 5.69 Å². The number of hydrazine groups is 1. The summed E-state index contributed by atoms with van der Waals surface area (Å²) in [5, 5.41) is 17.2.